The standard InChI is InChI=1S/C11H14Cl2N2O2S/c1-2-8-3-4-15(7-8)18(16,17)9-5-10(12)11(13)14-6-9/h5-6,8H,2-4,7H2,1H3. The summed E-state index contributed by atoms with van der Waals surface area (Å²) in [6.07, 6.45) is 3.15. The number of halogens is 2. The molecule has 1 aromatic rings. The number of rotatable bonds is 3. The van der Waals surface area contributed by atoms with E-state index in [9.17, 15) is 8.42 Å². The second kappa shape index (κ2) is 5.33. The molecule has 0 spiro atoms. The molecule has 18 heavy (non-hydrogen) atoms. The molecule has 1 aromatic heterocycles. The normalized spacial score (nSPS) is 21.4. The highest BCUT2D eigenvalue weighted by Crippen LogP contribution is 2.28. The van der Waals surface area contributed by atoms with Crippen molar-refractivity contribution in [2.24, 2.45) is 5.92 Å². The Kier molecular flexibility index (Phi) is 4.16. The molecule has 0 saturated carbocycles. The molecular weight excluding hydrogens is 295 g/mol. The zero-order chi connectivity index (χ0) is 13.3. The van der Waals surface area contributed by atoms with Gasteiger partial charge in [-0.15, -0.1) is 0 Å². The minimum atomic E-state index is -3.49. The topological polar surface area (TPSA) is 50.3 Å². The molecule has 1 fully saturated rings. The van der Waals surface area contributed by atoms with Crippen LogP contribution in [0.5, 0.6) is 0 Å². The number of sulfonamides is 1. The van der Waals surface area contributed by atoms with Crippen LogP contribution < -0.4 is 0 Å². The van der Waals surface area contributed by atoms with Gasteiger partial charge in [-0.3, -0.25) is 0 Å². The Morgan fingerprint density at radius 2 is 2.22 bits per heavy atom. The monoisotopic (exact) mass is 308 g/mol. The summed E-state index contributed by atoms with van der Waals surface area (Å²) in [7, 11) is -3.49. The molecule has 1 aliphatic heterocycles. The van der Waals surface area contributed by atoms with E-state index in [0.717, 1.165) is 12.8 Å². The molecule has 1 aliphatic rings. The van der Waals surface area contributed by atoms with Crippen LogP contribution in [0.3, 0.4) is 0 Å². The maximum Gasteiger partial charge on any atom is 0.244 e. The first kappa shape index (κ1) is 14.1. The van der Waals surface area contributed by atoms with Gasteiger partial charge in [-0.1, -0.05) is 36.5 Å². The van der Waals surface area contributed by atoms with Crippen molar-refractivity contribution in [3.05, 3.63) is 22.4 Å². The van der Waals surface area contributed by atoms with Crippen LogP contribution in [0.1, 0.15) is 19.8 Å². The minimum Gasteiger partial charge on any atom is -0.242 e. The molecule has 0 aromatic carbocycles. The lowest BCUT2D eigenvalue weighted by Crippen LogP contribution is -2.29. The summed E-state index contributed by atoms with van der Waals surface area (Å²) in [5.74, 6) is 0.440. The van der Waals surface area contributed by atoms with Gasteiger partial charge in [0.1, 0.15) is 10.0 Å². The molecule has 1 saturated heterocycles. The van der Waals surface area contributed by atoms with Crippen molar-refractivity contribution in [1.29, 1.82) is 0 Å². The molecule has 1 atom stereocenters. The first-order chi connectivity index (χ1) is 8.45. The van der Waals surface area contributed by atoms with E-state index in [1.165, 1.54) is 16.6 Å². The third kappa shape index (κ3) is 2.64. The van der Waals surface area contributed by atoms with E-state index < -0.39 is 10.0 Å². The van der Waals surface area contributed by atoms with Crippen LogP contribution in [0, 0.1) is 5.92 Å². The van der Waals surface area contributed by atoms with Crippen LogP contribution in [0.25, 0.3) is 0 Å². The van der Waals surface area contributed by atoms with Gasteiger partial charge < -0.3 is 0 Å². The van der Waals surface area contributed by atoms with Gasteiger partial charge in [0.25, 0.3) is 0 Å². The summed E-state index contributed by atoms with van der Waals surface area (Å²) < 4.78 is 26.2. The van der Waals surface area contributed by atoms with Crippen LogP contribution in [-0.2, 0) is 10.0 Å². The Bertz CT molecular complexity index is 548. The van der Waals surface area contributed by atoms with Crippen LogP contribution >= 0.6 is 23.2 Å². The van der Waals surface area contributed by atoms with Crippen molar-refractivity contribution in [3.8, 4) is 0 Å². The van der Waals surface area contributed by atoms with Gasteiger partial charge in [0.15, 0.2) is 0 Å². The van der Waals surface area contributed by atoms with Crippen molar-refractivity contribution in [2.45, 2.75) is 24.7 Å². The third-order valence-electron chi connectivity index (χ3n) is 3.23. The summed E-state index contributed by atoms with van der Waals surface area (Å²) in [6, 6.07) is 1.35. The average molecular weight is 309 g/mol. The molecule has 1 unspecified atom stereocenters. The Balaban J connectivity index is 2.28. The maximum atomic E-state index is 12.3. The molecule has 0 radical (unpaired) electrons. The van der Waals surface area contributed by atoms with Gasteiger partial charge in [-0.2, -0.15) is 4.31 Å². The van der Waals surface area contributed by atoms with Crippen molar-refractivity contribution >= 4 is 33.2 Å². The van der Waals surface area contributed by atoms with Crippen molar-refractivity contribution in [2.75, 3.05) is 13.1 Å². The van der Waals surface area contributed by atoms with Gasteiger partial charge in [0.2, 0.25) is 10.0 Å². The zero-order valence-electron chi connectivity index (χ0n) is 9.94. The Morgan fingerprint density at radius 1 is 1.50 bits per heavy atom. The number of pyridine rings is 1. The number of hydrogen-bond acceptors (Lipinski definition) is 3. The average Bonchev–Trinajstić information content (AvgIpc) is 2.81. The zero-order valence-corrected chi connectivity index (χ0v) is 12.3. The van der Waals surface area contributed by atoms with Gasteiger partial charge >= 0.3 is 0 Å². The lowest BCUT2D eigenvalue weighted by Gasteiger charge is -2.16. The molecular formula is C11H14Cl2N2O2S. The highest BCUT2D eigenvalue weighted by atomic mass is 35.5. The highest BCUT2D eigenvalue weighted by Gasteiger charge is 2.32. The van der Waals surface area contributed by atoms with Crippen molar-refractivity contribution < 1.29 is 8.42 Å². The largest absolute Gasteiger partial charge is 0.244 e. The number of hydrogen-bond donors (Lipinski definition) is 0. The SMILES string of the molecule is CCC1CCN(S(=O)(=O)c2cnc(Cl)c(Cl)c2)C1. The Hall–Kier alpha value is -0.360. The van der Waals surface area contributed by atoms with E-state index in [4.69, 9.17) is 23.2 Å². The van der Waals surface area contributed by atoms with Crippen LogP contribution in [0.2, 0.25) is 10.2 Å². The van der Waals surface area contributed by atoms with E-state index in [1.54, 1.807) is 0 Å². The predicted octanol–water partition coefficient (Wildman–Crippen LogP) is 2.81. The molecule has 7 heteroatoms. The molecule has 0 aliphatic carbocycles. The van der Waals surface area contributed by atoms with E-state index >= 15 is 0 Å². The quantitative estimate of drug-likeness (QED) is 0.807. The molecule has 0 N–H and O–H groups in total. The second-order valence-electron chi connectivity index (χ2n) is 4.37. The summed E-state index contributed by atoms with van der Waals surface area (Å²) in [5.41, 5.74) is 0. The minimum absolute atomic E-state index is 0.105. The van der Waals surface area contributed by atoms with Gasteiger partial charge in [0.05, 0.1) is 5.02 Å². The van der Waals surface area contributed by atoms with Crippen molar-refractivity contribution in [1.82, 2.24) is 9.29 Å². The van der Waals surface area contributed by atoms with Crippen LogP contribution in [-0.4, -0.2) is 30.8 Å². The van der Waals surface area contributed by atoms with E-state index in [0.29, 0.717) is 19.0 Å². The molecule has 0 amide bonds. The fraction of sp³-hybridized carbons (Fsp3) is 0.545. The summed E-state index contributed by atoms with van der Waals surface area (Å²) >= 11 is 11.5. The predicted molar refractivity (Wildman–Crippen MR) is 71.4 cm³/mol. The first-order valence-electron chi connectivity index (χ1n) is 5.76. The molecule has 0 bridgehead atoms. The highest BCUT2D eigenvalue weighted by molar-refractivity contribution is 7.89. The molecule has 2 heterocycles. The molecule has 2 rings (SSSR count). The van der Waals surface area contributed by atoms with Gasteiger partial charge in [-0.25, -0.2) is 13.4 Å². The van der Waals surface area contributed by atoms with Crippen LogP contribution in [0.15, 0.2) is 17.2 Å². The molecule has 100 valence electrons. The van der Waals surface area contributed by atoms with E-state index in [-0.39, 0.29) is 15.1 Å². The Morgan fingerprint density at radius 3 is 2.78 bits per heavy atom. The fourth-order valence-electron chi connectivity index (χ4n) is 2.04. The van der Waals surface area contributed by atoms with E-state index in [1.807, 2.05) is 0 Å². The Labute approximate surface area is 117 Å². The number of nitrogens with zero attached hydrogens (tertiary/aromatic N) is 2. The van der Waals surface area contributed by atoms with Gasteiger partial charge in [-0.05, 0) is 18.4 Å². The number of aromatic nitrogens is 1. The van der Waals surface area contributed by atoms with E-state index in [2.05, 4.69) is 11.9 Å². The summed E-state index contributed by atoms with van der Waals surface area (Å²) in [5, 5.41) is 0.271. The second-order valence-corrected chi connectivity index (χ2v) is 7.07. The third-order valence-corrected chi connectivity index (χ3v) is 5.75. The fourth-order valence-corrected chi connectivity index (χ4v) is 3.88. The van der Waals surface area contributed by atoms with Gasteiger partial charge in [0, 0.05) is 19.3 Å². The maximum absolute atomic E-state index is 12.3. The van der Waals surface area contributed by atoms with Crippen LogP contribution in [0.4, 0.5) is 0 Å². The van der Waals surface area contributed by atoms with Crippen molar-refractivity contribution in [3.63, 3.8) is 0 Å². The smallest absolute Gasteiger partial charge is 0.242 e. The summed E-state index contributed by atoms with van der Waals surface area (Å²) in [4.78, 5) is 3.89. The lowest BCUT2D eigenvalue weighted by atomic mass is 10.1. The summed E-state index contributed by atoms with van der Waals surface area (Å²) in [6.45, 7) is 3.20. The first-order valence-corrected chi connectivity index (χ1v) is 7.96. The molecule has 4 nitrogen and oxygen atoms in total. The lowest BCUT2D eigenvalue weighted by molar-refractivity contribution is 0.452.